The standard InChI is InChI=1S/C17H20FN3/c18-17-6-2-1-5-16(17)14-21-10-8-20(9-11-21)13-15-4-3-7-19-12-15/h1-7,12H,8-11,13-14H2. The second-order valence-corrected chi connectivity index (χ2v) is 5.50. The van der Waals surface area contributed by atoms with Crippen molar-refractivity contribution in [2.75, 3.05) is 26.2 Å². The molecule has 2 aromatic rings. The van der Waals surface area contributed by atoms with Crippen LogP contribution in [0.4, 0.5) is 4.39 Å². The van der Waals surface area contributed by atoms with Gasteiger partial charge in [0.05, 0.1) is 0 Å². The first-order valence-corrected chi connectivity index (χ1v) is 7.38. The van der Waals surface area contributed by atoms with Crippen LogP contribution in [0.1, 0.15) is 11.1 Å². The highest BCUT2D eigenvalue weighted by Crippen LogP contribution is 2.13. The fourth-order valence-corrected chi connectivity index (χ4v) is 2.72. The van der Waals surface area contributed by atoms with Crippen molar-refractivity contribution in [3.63, 3.8) is 0 Å². The third-order valence-electron chi connectivity index (χ3n) is 3.95. The number of piperazine rings is 1. The predicted octanol–water partition coefficient (Wildman–Crippen LogP) is 2.54. The number of hydrogen-bond acceptors (Lipinski definition) is 3. The lowest BCUT2D eigenvalue weighted by atomic mass is 10.1. The van der Waals surface area contributed by atoms with Crippen molar-refractivity contribution < 1.29 is 4.39 Å². The van der Waals surface area contributed by atoms with Crippen molar-refractivity contribution in [1.29, 1.82) is 0 Å². The Bertz CT molecular complexity index is 565. The maximum absolute atomic E-state index is 13.7. The highest BCUT2D eigenvalue weighted by Gasteiger charge is 2.17. The number of rotatable bonds is 4. The van der Waals surface area contributed by atoms with Gasteiger partial charge in [-0.05, 0) is 17.7 Å². The molecule has 0 bridgehead atoms. The highest BCUT2D eigenvalue weighted by atomic mass is 19.1. The third kappa shape index (κ3) is 3.86. The molecule has 0 atom stereocenters. The van der Waals surface area contributed by atoms with Crippen LogP contribution in [0.2, 0.25) is 0 Å². The molecule has 3 nitrogen and oxygen atoms in total. The Labute approximate surface area is 125 Å². The molecule has 0 saturated carbocycles. The largest absolute Gasteiger partial charge is 0.296 e. The molecule has 1 saturated heterocycles. The van der Waals surface area contributed by atoms with Crippen LogP contribution in [0.25, 0.3) is 0 Å². The van der Waals surface area contributed by atoms with E-state index in [0.717, 1.165) is 38.3 Å². The Morgan fingerprint density at radius 2 is 1.62 bits per heavy atom. The highest BCUT2D eigenvalue weighted by molar-refractivity contribution is 5.17. The van der Waals surface area contributed by atoms with Crippen LogP contribution >= 0.6 is 0 Å². The van der Waals surface area contributed by atoms with Gasteiger partial charge < -0.3 is 0 Å². The molecule has 3 rings (SSSR count). The van der Waals surface area contributed by atoms with Gasteiger partial charge in [-0.15, -0.1) is 0 Å². The average Bonchev–Trinajstić information content (AvgIpc) is 2.52. The van der Waals surface area contributed by atoms with Crippen molar-refractivity contribution >= 4 is 0 Å². The van der Waals surface area contributed by atoms with Gasteiger partial charge in [0.2, 0.25) is 0 Å². The molecule has 1 aromatic heterocycles. The van der Waals surface area contributed by atoms with E-state index < -0.39 is 0 Å². The summed E-state index contributed by atoms with van der Waals surface area (Å²) in [6.45, 7) is 5.64. The van der Waals surface area contributed by atoms with Gasteiger partial charge in [-0.2, -0.15) is 0 Å². The first-order chi connectivity index (χ1) is 10.3. The smallest absolute Gasteiger partial charge is 0.127 e. The predicted molar refractivity (Wildman–Crippen MR) is 81.2 cm³/mol. The third-order valence-corrected chi connectivity index (χ3v) is 3.95. The number of halogens is 1. The van der Waals surface area contributed by atoms with E-state index in [2.05, 4.69) is 20.9 Å². The average molecular weight is 285 g/mol. The summed E-state index contributed by atoms with van der Waals surface area (Å²) in [6.07, 6.45) is 3.72. The van der Waals surface area contributed by atoms with Crippen LogP contribution in [0.15, 0.2) is 48.8 Å². The van der Waals surface area contributed by atoms with Gasteiger partial charge in [0, 0.05) is 57.2 Å². The number of hydrogen-bond donors (Lipinski definition) is 0. The first-order valence-electron chi connectivity index (χ1n) is 7.38. The second-order valence-electron chi connectivity index (χ2n) is 5.50. The van der Waals surface area contributed by atoms with Crippen LogP contribution in [0.3, 0.4) is 0 Å². The molecular weight excluding hydrogens is 265 g/mol. The molecular formula is C17H20FN3. The SMILES string of the molecule is Fc1ccccc1CN1CCN(Cc2cccnc2)CC1. The van der Waals surface area contributed by atoms with Gasteiger partial charge in [-0.1, -0.05) is 24.3 Å². The Morgan fingerprint density at radius 1 is 0.905 bits per heavy atom. The topological polar surface area (TPSA) is 19.4 Å². The van der Waals surface area contributed by atoms with Crippen LogP contribution < -0.4 is 0 Å². The van der Waals surface area contributed by atoms with E-state index in [1.807, 2.05) is 24.4 Å². The molecule has 2 heterocycles. The zero-order valence-corrected chi connectivity index (χ0v) is 12.1. The minimum atomic E-state index is -0.102. The lowest BCUT2D eigenvalue weighted by Crippen LogP contribution is -2.45. The van der Waals surface area contributed by atoms with E-state index in [9.17, 15) is 4.39 Å². The minimum Gasteiger partial charge on any atom is -0.296 e. The number of aromatic nitrogens is 1. The molecule has 0 amide bonds. The van der Waals surface area contributed by atoms with Gasteiger partial charge in [0.25, 0.3) is 0 Å². The molecule has 1 aliphatic heterocycles. The zero-order chi connectivity index (χ0) is 14.5. The first kappa shape index (κ1) is 14.2. The quantitative estimate of drug-likeness (QED) is 0.860. The van der Waals surface area contributed by atoms with E-state index in [1.165, 1.54) is 11.6 Å². The fraction of sp³-hybridized carbons (Fsp3) is 0.353. The molecule has 1 aromatic carbocycles. The number of pyridine rings is 1. The lowest BCUT2D eigenvalue weighted by molar-refractivity contribution is 0.121. The summed E-state index contributed by atoms with van der Waals surface area (Å²) >= 11 is 0. The molecule has 1 aliphatic rings. The van der Waals surface area contributed by atoms with Crippen molar-refractivity contribution in [3.05, 3.63) is 65.7 Å². The molecule has 0 radical (unpaired) electrons. The Balaban J connectivity index is 1.50. The molecule has 1 fully saturated rings. The Morgan fingerprint density at radius 3 is 2.29 bits per heavy atom. The molecule has 0 aliphatic carbocycles. The van der Waals surface area contributed by atoms with Gasteiger partial charge in [-0.3, -0.25) is 14.8 Å². The van der Waals surface area contributed by atoms with Crippen LogP contribution in [-0.2, 0) is 13.1 Å². The molecule has 110 valence electrons. The lowest BCUT2D eigenvalue weighted by Gasteiger charge is -2.34. The maximum Gasteiger partial charge on any atom is 0.127 e. The maximum atomic E-state index is 13.7. The van der Waals surface area contributed by atoms with Crippen LogP contribution in [0.5, 0.6) is 0 Å². The van der Waals surface area contributed by atoms with Crippen molar-refractivity contribution in [2.45, 2.75) is 13.1 Å². The molecule has 4 heteroatoms. The molecule has 0 N–H and O–H groups in total. The van der Waals surface area contributed by atoms with Crippen LogP contribution in [-0.4, -0.2) is 41.0 Å². The van der Waals surface area contributed by atoms with E-state index in [4.69, 9.17) is 0 Å². The van der Waals surface area contributed by atoms with E-state index >= 15 is 0 Å². The van der Waals surface area contributed by atoms with Crippen molar-refractivity contribution in [2.24, 2.45) is 0 Å². The zero-order valence-electron chi connectivity index (χ0n) is 12.1. The van der Waals surface area contributed by atoms with Gasteiger partial charge >= 0.3 is 0 Å². The van der Waals surface area contributed by atoms with Crippen LogP contribution in [0, 0.1) is 5.82 Å². The summed E-state index contributed by atoms with van der Waals surface area (Å²) in [5.41, 5.74) is 2.04. The summed E-state index contributed by atoms with van der Waals surface area (Å²) < 4.78 is 13.7. The molecule has 0 spiro atoms. The molecule has 0 unspecified atom stereocenters. The Kier molecular flexibility index (Phi) is 4.58. The number of nitrogens with zero attached hydrogens (tertiary/aromatic N) is 3. The summed E-state index contributed by atoms with van der Waals surface area (Å²) in [5.74, 6) is -0.102. The normalized spacial score (nSPS) is 17.0. The van der Waals surface area contributed by atoms with E-state index in [1.54, 1.807) is 12.3 Å². The summed E-state index contributed by atoms with van der Waals surface area (Å²) in [6, 6.07) is 11.1. The summed E-state index contributed by atoms with van der Waals surface area (Å²) in [5, 5.41) is 0. The summed E-state index contributed by atoms with van der Waals surface area (Å²) in [7, 11) is 0. The summed E-state index contributed by atoms with van der Waals surface area (Å²) in [4.78, 5) is 8.89. The van der Waals surface area contributed by atoms with Gasteiger partial charge in [-0.25, -0.2) is 4.39 Å². The van der Waals surface area contributed by atoms with E-state index in [0.29, 0.717) is 6.54 Å². The minimum absolute atomic E-state index is 0.102. The Hall–Kier alpha value is -1.78. The second kappa shape index (κ2) is 6.78. The number of benzene rings is 1. The fourth-order valence-electron chi connectivity index (χ4n) is 2.72. The monoisotopic (exact) mass is 285 g/mol. The van der Waals surface area contributed by atoms with Crippen molar-refractivity contribution in [3.8, 4) is 0 Å². The van der Waals surface area contributed by atoms with Gasteiger partial charge in [0.1, 0.15) is 5.82 Å². The van der Waals surface area contributed by atoms with Crippen molar-refractivity contribution in [1.82, 2.24) is 14.8 Å². The molecule has 21 heavy (non-hydrogen) atoms. The van der Waals surface area contributed by atoms with E-state index in [-0.39, 0.29) is 5.82 Å². The van der Waals surface area contributed by atoms with Gasteiger partial charge in [0.15, 0.2) is 0 Å².